The van der Waals surface area contributed by atoms with Crippen LogP contribution in [0.3, 0.4) is 0 Å². The SMILES string of the molecule is CC(C)C(=O)NCCN=C1CC(CCC(=O)OC(C)(C)C)CCC1=C(N)C(=O)NCc1ccc(Cl)cc1. The van der Waals surface area contributed by atoms with Crippen molar-refractivity contribution in [3.63, 3.8) is 0 Å². The van der Waals surface area contributed by atoms with Gasteiger partial charge in [0.1, 0.15) is 11.3 Å². The second-order valence-corrected chi connectivity index (χ2v) is 11.1. The molecule has 8 nitrogen and oxygen atoms in total. The quantitative estimate of drug-likeness (QED) is 0.235. The topological polar surface area (TPSA) is 123 Å². The van der Waals surface area contributed by atoms with Crippen LogP contribution in [0.2, 0.25) is 5.02 Å². The van der Waals surface area contributed by atoms with E-state index >= 15 is 0 Å². The number of ether oxygens (including phenoxy) is 1. The number of carbonyl (C=O) groups excluding carboxylic acids is 3. The minimum Gasteiger partial charge on any atom is -0.460 e. The van der Waals surface area contributed by atoms with Gasteiger partial charge in [-0.2, -0.15) is 0 Å². The van der Waals surface area contributed by atoms with E-state index in [4.69, 9.17) is 27.1 Å². The van der Waals surface area contributed by atoms with Gasteiger partial charge in [-0.1, -0.05) is 37.6 Å². The Hall–Kier alpha value is -2.87. The smallest absolute Gasteiger partial charge is 0.306 e. The molecular weight excluding hydrogens is 492 g/mol. The summed E-state index contributed by atoms with van der Waals surface area (Å²) in [5.41, 5.74) is 8.37. The third-order valence-electron chi connectivity index (χ3n) is 5.98. The van der Waals surface area contributed by atoms with Gasteiger partial charge in [-0.25, -0.2) is 0 Å². The van der Waals surface area contributed by atoms with Gasteiger partial charge < -0.3 is 21.1 Å². The molecule has 0 spiro atoms. The van der Waals surface area contributed by atoms with Crippen molar-refractivity contribution in [3.05, 3.63) is 46.1 Å². The van der Waals surface area contributed by atoms with Gasteiger partial charge in [0.15, 0.2) is 0 Å². The van der Waals surface area contributed by atoms with Crippen molar-refractivity contribution in [2.45, 2.75) is 78.9 Å². The molecular formula is C28H41ClN4O4. The summed E-state index contributed by atoms with van der Waals surface area (Å²) < 4.78 is 5.44. The summed E-state index contributed by atoms with van der Waals surface area (Å²) in [7, 11) is 0. The number of nitrogens with one attached hydrogen (secondary N) is 2. The zero-order chi connectivity index (χ0) is 27.6. The zero-order valence-corrected chi connectivity index (χ0v) is 23.4. The fraction of sp³-hybridized carbons (Fsp3) is 0.571. The van der Waals surface area contributed by atoms with Crippen molar-refractivity contribution in [2.24, 2.45) is 22.6 Å². The highest BCUT2D eigenvalue weighted by atomic mass is 35.5. The molecule has 1 atom stereocenters. The minimum atomic E-state index is -0.513. The normalized spacial score (nSPS) is 18.5. The number of nitrogens with zero attached hydrogens (tertiary/aromatic N) is 1. The summed E-state index contributed by atoms with van der Waals surface area (Å²) in [4.78, 5) is 41.6. The van der Waals surface area contributed by atoms with Crippen molar-refractivity contribution in [3.8, 4) is 0 Å². The lowest BCUT2D eigenvalue weighted by atomic mass is 9.81. The lowest BCUT2D eigenvalue weighted by molar-refractivity contribution is -0.155. The number of aliphatic imine (C=N–C) groups is 1. The second-order valence-electron chi connectivity index (χ2n) is 10.7. The van der Waals surface area contributed by atoms with Gasteiger partial charge in [0.05, 0.1) is 6.54 Å². The number of nitrogens with two attached hydrogens (primary N) is 1. The summed E-state index contributed by atoms with van der Waals surface area (Å²) in [6.45, 7) is 10.3. The molecule has 1 aliphatic carbocycles. The highest BCUT2D eigenvalue weighted by Gasteiger charge is 2.27. The van der Waals surface area contributed by atoms with Gasteiger partial charge in [-0.3, -0.25) is 19.4 Å². The molecule has 1 fully saturated rings. The second kappa shape index (κ2) is 14.2. The summed E-state index contributed by atoms with van der Waals surface area (Å²) in [6, 6.07) is 7.23. The fourth-order valence-electron chi connectivity index (χ4n) is 3.99. The molecule has 2 amide bonds. The number of rotatable bonds is 10. The number of carbonyl (C=O) groups is 3. The van der Waals surface area contributed by atoms with Crippen molar-refractivity contribution in [1.82, 2.24) is 10.6 Å². The van der Waals surface area contributed by atoms with Crippen molar-refractivity contribution in [1.29, 1.82) is 0 Å². The average molecular weight is 533 g/mol. The number of benzene rings is 1. The molecule has 0 aromatic heterocycles. The number of hydrogen-bond donors (Lipinski definition) is 3. The van der Waals surface area contributed by atoms with E-state index in [1.165, 1.54) is 0 Å². The molecule has 2 rings (SSSR count). The predicted octanol–water partition coefficient (Wildman–Crippen LogP) is 4.30. The molecule has 0 bridgehead atoms. The Balaban J connectivity index is 2.09. The molecule has 4 N–H and O–H groups in total. The third kappa shape index (κ3) is 11.0. The first-order valence-electron chi connectivity index (χ1n) is 12.9. The Kier molecular flexibility index (Phi) is 11.6. The maximum Gasteiger partial charge on any atom is 0.306 e. The number of hydrogen-bond acceptors (Lipinski definition) is 6. The number of esters is 1. The maximum atomic E-state index is 12.9. The lowest BCUT2D eigenvalue weighted by Crippen LogP contribution is -2.33. The maximum absolute atomic E-state index is 12.9. The molecule has 37 heavy (non-hydrogen) atoms. The molecule has 1 aromatic rings. The van der Waals surface area contributed by atoms with Crippen LogP contribution in [0.15, 0.2) is 40.5 Å². The van der Waals surface area contributed by atoms with E-state index in [0.717, 1.165) is 23.3 Å². The number of amides is 2. The van der Waals surface area contributed by atoms with Gasteiger partial charge in [0.2, 0.25) is 5.91 Å². The van der Waals surface area contributed by atoms with E-state index in [1.807, 2.05) is 46.8 Å². The number of halogens is 1. The molecule has 1 unspecified atom stereocenters. The van der Waals surface area contributed by atoms with Crippen molar-refractivity contribution in [2.75, 3.05) is 13.1 Å². The lowest BCUT2D eigenvalue weighted by Gasteiger charge is -2.27. The molecule has 9 heteroatoms. The van der Waals surface area contributed by atoms with Crippen LogP contribution in [0.5, 0.6) is 0 Å². The van der Waals surface area contributed by atoms with Crippen LogP contribution in [0.4, 0.5) is 0 Å². The Morgan fingerprint density at radius 2 is 1.84 bits per heavy atom. The third-order valence-corrected chi connectivity index (χ3v) is 6.24. The van der Waals surface area contributed by atoms with Gasteiger partial charge in [-0.15, -0.1) is 0 Å². The van der Waals surface area contributed by atoms with E-state index in [2.05, 4.69) is 10.6 Å². The monoisotopic (exact) mass is 532 g/mol. The highest BCUT2D eigenvalue weighted by molar-refractivity contribution is 6.30. The van der Waals surface area contributed by atoms with Gasteiger partial charge in [0.25, 0.3) is 5.91 Å². The van der Waals surface area contributed by atoms with E-state index in [-0.39, 0.29) is 35.3 Å². The molecule has 0 saturated heterocycles. The zero-order valence-electron chi connectivity index (χ0n) is 22.7. The Labute approximate surface area is 225 Å². The molecule has 1 aliphatic rings. The Morgan fingerprint density at radius 1 is 1.16 bits per heavy atom. The largest absolute Gasteiger partial charge is 0.460 e. The minimum absolute atomic E-state index is 0.0315. The van der Waals surface area contributed by atoms with Crippen LogP contribution in [-0.2, 0) is 25.7 Å². The summed E-state index contributed by atoms with van der Waals surface area (Å²) >= 11 is 5.93. The predicted molar refractivity (Wildman–Crippen MR) is 147 cm³/mol. The van der Waals surface area contributed by atoms with Gasteiger partial charge in [-0.05, 0) is 70.1 Å². The van der Waals surface area contributed by atoms with Crippen LogP contribution < -0.4 is 16.4 Å². The summed E-state index contributed by atoms with van der Waals surface area (Å²) in [5, 5.41) is 6.36. The molecule has 1 saturated carbocycles. The Bertz CT molecular complexity index is 1010. The Morgan fingerprint density at radius 3 is 2.46 bits per heavy atom. The first-order chi connectivity index (χ1) is 17.4. The first kappa shape index (κ1) is 30.4. The van der Waals surface area contributed by atoms with Crippen molar-refractivity contribution >= 4 is 35.1 Å². The van der Waals surface area contributed by atoms with Gasteiger partial charge in [0, 0.05) is 41.7 Å². The highest BCUT2D eigenvalue weighted by Crippen LogP contribution is 2.31. The molecule has 204 valence electrons. The summed E-state index contributed by atoms with van der Waals surface area (Å²) in [5.74, 6) is -0.473. The van der Waals surface area contributed by atoms with Crippen LogP contribution in [0.25, 0.3) is 0 Å². The molecule has 0 radical (unpaired) electrons. The van der Waals surface area contributed by atoms with Crippen LogP contribution in [-0.4, -0.2) is 42.2 Å². The molecule has 1 aromatic carbocycles. The summed E-state index contributed by atoms with van der Waals surface area (Å²) in [6.07, 6.45) is 3.01. The average Bonchev–Trinajstić information content (AvgIpc) is 2.83. The van der Waals surface area contributed by atoms with Crippen LogP contribution in [0, 0.1) is 11.8 Å². The number of allylic oxidation sites excluding steroid dienone is 1. The van der Waals surface area contributed by atoms with E-state index in [9.17, 15) is 14.4 Å². The molecule has 0 heterocycles. The van der Waals surface area contributed by atoms with Gasteiger partial charge >= 0.3 is 5.97 Å². The first-order valence-corrected chi connectivity index (χ1v) is 13.3. The van der Waals surface area contributed by atoms with Crippen LogP contribution in [0.1, 0.15) is 72.3 Å². The van der Waals surface area contributed by atoms with E-state index < -0.39 is 5.60 Å². The van der Waals surface area contributed by atoms with E-state index in [0.29, 0.717) is 50.3 Å². The standard InChI is InChI=1S/C28H41ClN4O4/c1-18(2)26(35)32-15-14-31-23-16-19(9-13-24(34)37-28(3,4)5)8-12-22(23)25(30)27(36)33-17-20-6-10-21(29)11-7-20/h6-7,10-11,18-19H,8-9,12-17,30H2,1-5H3,(H,32,35)(H,33,36). The van der Waals surface area contributed by atoms with Crippen LogP contribution >= 0.6 is 11.6 Å². The van der Waals surface area contributed by atoms with E-state index in [1.54, 1.807) is 12.1 Å². The molecule has 0 aliphatic heterocycles. The fourth-order valence-corrected chi connectivity index (χ4v) is 4.12. The van der Waals surface area contributed by atoms with Crippen molar-refractivity contribution < 1.29 is 19.1 Å².